The molecule has 2 aromatic rings. The van der Waals surface area contributed by atoms with Crippen LogP contribution in [0.1, 0.15) is 25.5 Å². The number of nitrogens with zero attached hydrogens (tertiary/aromatic N) is 5. The van der Waals surface area contributed by atoms with Crippen LogP contribution in [0.3, 0.4) is 0 Å². The molecule has 1 fully saturated rings. The standard InChI is InChI=1S/C18H25N5O/c1-3-22(18-7-5-9-20-21-18)13-17-14-23(10-11-24-17)15(2)16-6-4-8-19-12-16/h4-9,12,15,17H,3,10-11,13-14H2,1-2H3/t15-,17-/m1/s1. The molecule has 6 heteroatoms. The summed E-state index contributed by atoms with van der Waals surface area (Å²) in [5.74, 6) is 0.904. The third-order valence-corrected chi connectivity index (χ3v) is 4.57. The molecule has 6 nitrogen and oxygen atoms in total. The molecule has 1 saturated heterocycles. The van der Waals surface area contributed by atoms with Gasteiger partial charge in [-0.05, 0) is 37.6 Å². The van der Waals surface area contributed by atoms with Gasteiger partial charge in [0.25, 0.3) is 0 Å². The van der Waals surface area contributed by atoms with Crippen molar-refractivity contribution in [1.29, 1.82) is 0 Å². The Morgan fingerprint density at radius 2 is 2.21 bits per heavy atom. The minimum atomic E-state index is 0.167. The number of morpholine rings is 1. The van der Waals surface area contributed by atoms with Crippen LogP contribution < -0.4 is 4.90 Å². The Morgan fingerprint density at radius 1 is 1.33 bits per heavy atom. The number of aromatic nitrogens is 3. The van der Waals surface area contributed by atoms with Gasteiger partial charge in [0, 0.05) is 50.8 Å². The van der Waals surface area contributed by atoms with Crippen molar-refractivity contribution in [3.05, 3.63) is 48.4 Å². The Kier molecular flexibility index (Phi) is 5.72. The maximum absolute atomic E-state index is 6.00. The van der Waals surface area contributed by atoms with Crippen LogP contribution in [0.4, 0.5) is 5.82 Å². The lowest BCUT2D eigenvalue weighted by Crippen LogP contribution is -2.48. The van der Waals surface area contributed by atoms with Crippen LogP contribution in [0.5, 0.6) is 0 Å². The zero-order valence-electron chi connectivity index (χ0n) is 14.4. The number of rotatable bonds is 6. The maximum Gasteiger partial charge on any atom is 0.151 e. The average Bonchev–Trinajstić information content (AvgIpc) is 2.67. The fraction of sp³-hybridized carbons (Fsp3) is 0.500. The summed E-state index contributed by atoms with van der Waals surface area (Å²) in [5, 5.41) is 8.20. The highest BCUT2D eigenvalue weighted by Crippen LogP contribution is 2.22. The molecule has 1 aliphatic heterocycles. The monoisotopic (exact) mass is 327 g/mol. The van der Waals surface area contributed by atoms with E-state index >= 15 is 0 Å². The first-order chi connectivity index (χ1) is 11.8. The average molecular weight is 327 g/mol. The second-order valence-electron chi connectivity index (χ2n) is 6.07. The van der Waals surface area contributed by atoms with Gasteiger partial charge in [-0.15, -0.1) is 5.10 Å². The van der Waals surface area contributed by atoms with Gasteiger partial charge < -0.3 is 9.64 Å². The van der Waals surface area contributed by atoms with Gasteiger partial charge in [-0.25, -0.2) is 0 Å². The molecule has 0 aliphatic carbocycles. The molecule has 3 rings (SSSR count). The molecule has 0 radical (unpaired) electrons. The first-order valence-electron chi connectivity index (χ1n) is 8.56. The smallest absolute Gasteiger partial charge is 0.151 e. The molecule has 0 amide bonds. The Balaban J connectivity index is 1.63. The molecule has 0 saturated carbocycles. The van der Waals surface area contributed by atoms with Crippen LogP contribution in [0.15, 0.2) is 42.9 Å². The lowest BCUT2D eigenvalue weighted by atomic mass is 10.1. The fourth-order valence-corrected chi connectivity index (χ4v) is 3.13. The lowest BCUT2D eigenvalue weighted by molar-refractivity contribution is -0.0372. The van der Waals surface area contributed by atoms with E-state index in [9.17, 15) is 0 Å². The maximum atomic E-state index is 6.00. The highest BCUT2D eigenvalue weighted by atomic mass is 16.5. The predicted molar refractivity (Wildman–Crippen MR) is 93.9 cm³/mol. The molecule has 2 aromatic heterocycles. The first-order valence-corrected chi connectivity index (χ1v) is 8.56. The Morgan fingerprint density at radius 3 is 2.92 bits per heavy atom. The minimum absolute atomic E-state index is 0.167. The molecular formula is C18H25N5O. The predicted octanol–water partition coefficient (Wildman–Crippen LogP) is 2.16. The fourth-order valence-electron chi connectivity index (χ4n) is 3.13. The van der Waals surface area contributed by atoms with Gasteiger partial charge in [-0.2, -0.15) is 5.10 Å². The number of anilines is 1. The van der Waals surface area contributed by atoms with Crippen molar-refractivity contribution in [3.63, 3.8) is 0 Å². The molecule has 24 heavy (non-hydrogen) atoms. The quantitative estimate of drug-likeness (QED) is 0.810. The van der Waals surface area contributed by atoms with Crippen molar-refractivity contribution in [2.24, 2.45) is 0 Å². The van der Waals surface area contributed by atoms with Gasteiger partial charge in [0.2, 0.25) is 0 Å². The number of likely N-dealkylation sites (N-methyl/N-ethyl adjacent to an activating group) is 1. The van der Waals surface area contributed by atoms with Crippen molar-refractivity contribution in [3.8, 4) is 0 Å². The van der Waals surface area contributed by atoms with Crippen molar-refractivity contribution < 1.29 is 4.74 Å². The van der Waals surface area contributed by atoms with E-state index in [1.807, 2.05) is 30.6 Å². The van der Waals surface area contributed by atoms with E-state index in [0.29, 0.717) is 6.04 Å². The number of pyridine rings is 1. The minimum Gasteiger partial charge on any atom is -0.374 e. The highest BCUT2D eigenvalue weighted by Gasteiger charge is 2.26. The topological polar surface area (TPSA) is 54.4 Å². The number of hydrogen-bond donors (Lipinski definition) is 0. The Labute approximate surface area is 143 Å². The van der Waals surface area contributed by atoms with E-state index in [1.54, 1.807) is 6.20 Å². The molecular weight excluding hydrogens is 302 g/mol. The summed E-state index contributed by atoms with van der Waals surface area (Å²) in [6.45, 7) is 8.69. The van der Waals surface area contributed by atoms with Crippen LogP contribution in [0.25, 0.3) is 0 Å². The van der Waals surface area contributed by atoms with Crippen LogP contribution in [0.2, 0.25) is 0 Å². The number of hydrogen-bond acceptors (Lipinski definition) is 6. The lowest BCUT2D eigenvalue weighted by Gasteiger charge is -2.38. The largest absolute Gasteiger partial charge is 0.374 e. The van der Waals surface area contributed by atoms with Crippen molar-refractivity contribution in [2.45, 2.75) is 26.0 Å². The zero-order valence-corrected chi connectivity index (χ0v) is 14.4. The molecule has 128 valence electrons. The highest BCUT2D eigenvalue weighted by molar-refractivity contribution is 5.36. The molecule has 0 bridgehead atoms. The van der Waals surface area contributed by atoms with Gasteiger partial charge in [-0.1, -0.05) is 6.07 Å². The zero-order chi connectivity index (χ0) is 16.8. The van der Waals surface area contributed by atoms with E-state index in [4.69, 9.17) is 4.74 Å². The summed E-state index contributed by atoms with van der Waals surface area (Å²) < 4.78 is 6.00. The van der Waals surface area contributed by atoms with Crippen molar-refractivity contribution in [2.75, 3.05) is 37.7 Å². The van der Waals surface area contributed by atoms with E-state index < -0.39 is 0 Å². The first kappa shape index (κ1) is 16.8. The van der Waals surface area contributed by atoms with E-state index in [0.717, 1.165) is 38.6 Å². The second kappa shape index (κ2) is 8.17. The summed E-state index contributed by atoms with van der Waals surface area (Å²) in [7, 11) is 0. The van der Waals surface area contributed by atoms with Crippen molar-refractivity contribution >= 4 is 5.82 Å². The molecule has 2 atom stereocenters. The number of ether oxygens (including phenoxy) is 1. The SMILES string of the molecule is CCN(C[C@@H]1CN([C@H](C)c2cccnc2)CCO1)c1cccnn1. The summed E-state index contributed by atoms with van der Waals surface area (Å²) >= 11 is 0. The van der Waals surface area contributed by atoms with Crippen LogP contribution in [0, 0.1) is 0 Å². The molecule has 1 aliphatic rings. The van der Waals surface area contributed by atoms with E-state index in [2.05, 4.69) is 44.9 Å². The summed E-state index contributed by atoms with van der Waals surface area (Å²) in [6.07, 6.45) is 5.64. The van der Waals surface area contributed by atoms with Crippen molar-refractivity contribution in [1.82, 2.24) is 20.1 Å². The van der Waals surface area contributed by atoms with Crippen LogP contribution in [-0.4, -0.2) is 59.0 Å². The Hall–Kier alpha value is -2.05. The summed E-state index contributed by atoms with van der Waals surface area (Å²) in [4.78, 5) is 8.93. The van der Waals surface area contributed by atoms with Crippen LogP contribution in [-0.2, 0) is 4.74 Å². The van der Waals surface area contributed by atoms with Crippen LogP contribution >= 0.6 is 0 Å². The molecule has 0 N–H and O–H groups in total. The third kappa shape index (κ3) is 4.07. The summed E-state index contributed by atoms with van der Waals surface area (Å²) in [6, 6.07) is 8.40. The van der Waals surface area contributed by atoms with Gasteiger partial charge in [0.15, 0.2) is 5.82 Å². The molecule has 0 spiro atoms. The third-order valence-electron chi connectivity index (χ3n) is 4.57. The van der Waals surface area contributed by atoms with E-state index in [-0.39, 0.29) is 6.10 Å². The van der Waals surface area contributed by atoms with Gasteiger partial charge >= 0.3 is 0 Å². The molecule has 0 unspecified atom stereocenters. The molecule has 3 heterocycles. The van der Waals surface area contributed by atoms with Gasteiger partial charge in [0.05, 0.1) is 12.7 Å². The molecule has 0 aromatic carbocycles. The normalized spacial score (nSPS) is 19.8. The van der Waals surface area contributed by atoms with Gasteiger partial charge in [0.1, 0.15) is 0 Å². The second-order valence-corrected chi connectivity index (χ2v) is 6.07. The van der Waals surface area contributed by atoms with Gasteiger partial charge in [-0.3, -0.25) is 9.88 Å². The summed E-state index contributed by atoms with van der Waals surface area (Å²) in [5.41, 5.74) is 1.25. The Bertz CT molecular complexity index is 609. The van der Waals surface area contributed by atoms with E-state index in [1.165, 1.54) is 5.56 Å².